The number of carbonyl (C=O) groups is 2. The molecule has 1 rings (SSSR count). The topological polar surface area (TPSA) is 57.6 Å². The van der Waals surface area contributed by atoms with Crippen LogP contribution in [0.5, 0.6) is 0 Å². The Hall–Kier alpha value is -1.32. The van der Waals surface area contributed by atoms with Crippen LogP contribution in [-0.2, 0) is 9.59 Å². The summed E-state index contributed by atoms with van der Waals surface area (Å²) in [4.78, 5) is 24.0. The van der Waals surface area contributed by atoms with Crippen LogP contribution in [0, 0.1) is 11.8 Å². The third-order valence-corrected chi connectivity index (χ3v) is 2.51. The van der Waals surface area contributed by atoms with Crippen LogP contribution in [0.25, 0.3) is 0 Å². The fourth-order valence-electron chi connectivity index (χ4n) is 1.69. The summed E-state index contributed by atoms with van der Waals surface area (Å²) in [5, 5.41) is 8.93. The summed E-state index contributed by atoms with van der Waals surface area (Å²) >= 11 is 0. The van der Waals surface area contributed by atoms with Gasteiger partial charge in [-0.15, -0.1) is 0 Å². The molecular weight excluding hydrogens is 182 g/mol. The number of carbonyl (C=O) groups excluding carboxylic acids is 1. The van der Waals surface area contributed by atoms with Gasteiger partial charge in [-0.1, -0.05) is 12.2 Å². The number of carboxylic acid groups (broad SMARTS) is 1. The van der Waals surface area contributed by atoms with E-state index < -0.39 is 17.8 Å². The average molecular weight is 197 g/mol. The molecule has 78 valence electrons. The fraction of sp³-hybridized carbons (Fsp3) is 0.600. The van der Waals surface area contributed by atoms with E-state index in [4.69, 9.17) is 5.11 Å². The van der Waals surface area contributed by atoms with Gasteiger partial charge >= 0.3 is 5.97 Å². The molecule has 1 aliphatic rings. The first-order valence-corrected chi connectivity index (χ1v) is 4.63. The van der Waals surface area contributed by atoms with Crippen molar-refractivity contribution in [2.45, 2.75) is 12.8 Å². The van der Waals surface area contributed by atoms with Crippen LogP contribution < -0.4 is 0 Å². The molecule has 14 heavy (non-hydrogen) atoms. The number of rotatable bonds is 2. The Morgan fingerprint density at radius 1 is 1.21 bits per heavy atom. The first-order chi connectivity index (χ1) is 6.54. The van der Waals surface area contributed by atoms with E-state index in [1.807, 2.05) is 12.2 Å². The molecule has 1 amide bonds. The summed E-state index contributed by atoms with van der Waals surface area (Å²) in [6, 6.07) is 0. The number of nitrogens with zero attached hydrogens (tertiary/aromatic N) is 1. The van der Waals surface area contributed by atoms with Gasteiger partial charge in [0.05, 0.1) is 11.8 Å². The molecule has 0 bridgehead atoms. The lowest BCUT2D eigenvalue weighted by Gasteiger charge is -2.26. The molecule has 0 spiro atoms. The Kier molecular flexibility index (Phi) is 3.28. The Balaban J connectivity index is 2.79. The quantitative estimate of drug-likeness (QED) is 0.664. The Morgan fingerprint density at radius 2 is 1.71 bits per heavy atom. The highest BCUT2D eigenvalue weighted by atomic mass is 16.4. The Labute approximate surface area is 83.2 Å². The van der Waals surface area contributed by atoms with E-state index in [0.717, 1.165) is 0 Å². The average Bonchev–Trinajstić information content (AvgIpc) is 2.16. The molecule has 0 aromatic carbocycles. The molecule has 0 fully saturated rings. The fourth-order valence-corrected chi connectivity index (χ4v) is 1.69. The highest BCUT2D eigenvalue weighted by Crippen LogP contribution is 2.26. The molecule has 1 N–H and O–H groups in total. The van der Waals surface area contributed by atoms with Crippen molar-refractivity contribution in [2.24, 2.45) is 11.8 Å². The van der Waals surface area contributed by atoms with Crippen LogP contribution in [0.4, 0.5) is 0 Å². The minimum atomic E-state index is -0.880. The second-order valence-electron chi connectivity index (χ2n) is 3.73. The molecule has 0 saturated carbocycles. The summed E-state index contributed by atoms with van der Waals surface area (Å²) in [5.74, 6) is -1.93. The maximum absolute atomic E-state index is 11.6. The zero-order valence-electron chi connectivity index (χ0n) is 8.43. The third-order valence-electron chi connectivity index (χ3n) is 2.51. The van der Waals surface area contributed by atoms with Gasteiger partial charge in [0.15, 0.2) is 0 Å². The van der Waals surface area contributed by atoms with E-state index in [2.05, 4.69) is 0 Å². The molecule has 0 radical (unpaired) electrons. The van der Waals surface area contributed by atoms with Gasteiger partial charge in [0.2, 0.25) is 5.91 Å². The highest BCUT2D eigenvalue weighted by molar-refractivity contribution is 5.85. The molecule has 0 unspecified atom stereocenters. The molecule has 1 aliphatic carbocycles. The number of aliphatic carboxylic acids is 1. The van der Waals surface area contributed by atoms with Crippen LogP contribution >= 0.6 is 0 Å². The SMILES string of the molecule is CN(C)C(=O)[C@H]1CC=CC[C@H]1C(=O)O. The van der Waals surface area contributed by atoms with Crippen molar-refractivity contribution in [2.75, 3.05) is 14.1 Å². The van der Waals surface area contributed by atoms with Gasteiger partial charge in [-0.3, -0.25) is 9.59 Å². The van der Waals surface area contributed by atoms with Gasteiger partial charge < -0.3 is 10.0 Å². The van der Waals surface area contributed by atoms with Crippen LogP contribution in [0.3, 0.4) is 0 Å². The summed E-state index contributed by atoms with van der Waals surface area (Å²) in [5.41, 5.74) is 0. The molecule has 4 heteroatoms. The lowest BCUT2D eigenvalue weighted by Crippen LogP contribution is -2.38. The number of hydrogen-bond acceptors (Lipinski definition) is 2. The maximum atomic E-state index is 11.6. The van der Waals surface area contributed by atoms with Crippen molar-refractivity contribution in [3.63, 3.8) is 0 Å². The third kappa shape index (κ3) is 2.13. The second kappa shape index (κ2) is 4.26. The summed E-state index contributed by atoms with van der Waals surface area (Å²) in [7, 11) is 3.30. The van der Waals surface area contributed by atoms with Crippen molar-refractivity contribution in [3.05, 3.63) is 12.2 Å². The maximum Gasteiger partial charge on any atom is 0.307 e. The number of carboxylic acids is 1. The summed E-state index contributed by atoms with van der Waals surface area (Å²) in [6.45, 7) is 0. The molecule has 2 atom stereocenters. The van der Waals surface area contributed by atoms with Crippen molar-refractivity contribution in [1.29, 1.82) is 0 Å². The molecule has 0 heterocycles. The van der Waals surface area contributed by atoms with Crippen LogP contribution in [-0.4, -0.2) is 36.0 Å². The van der Waals surface area contributed by atoms with Crippen molar-refractivity contribution >= 4 is 11.9 Å². The second-order valence-corrected chi connectivity index (χ2v) is 3.73. The smallest absolute Gasteiger partial charge is 0.307 e. The molecule has 0 aliphatic heterocycles. The van der Waals surface area contributed by atoms with Gasteiger partial charge in [0, 0.05) is 14.1 Å². The van der Waals surface area contributed by atoms with E-state index in [1.54, 1.807) is 14.1 Å². The minimum absolute atomic E-state index is 0.0956. The van der Waals surface area contributed by atoms with E-state index in [9.17, 15) is 9.59 Å². The first-order valence-electron chi connectivity index (χ1n) is 4.63. The standard InChI is InChI=1S/C10H15NO3/c1-11(2)9(12)7-5-3-4-6-8(7)10(13)14/h3-4,7-8H,5-6H2,1-2H3,(H,13,14)/t7-,8+/m0/s1. The van der Waals surface area contributed by atoms with E-state index in [0.29, 0.717) is 12.8 Å². The van der Waals surface area contributed by atoms with Gasteiger partial charge in [-0.25, -0.2) is 0 Å². The van der Waals surface area contributed by atoms with Crippen LogP contribution in [0.2, 0.25) is 0 Å². The summed E-state index contributed by atoms with van der Waals surface area (Å²) < 4.78 is 0. The normalized spacial score (nSPS) is 25.9. The number of hydrogen-bond donors (Lipinski definition) is 1. The van der Waals surface area contributed by atoms with Crippen molar-refractivity contribution in [1.82, 2.24) is 4.90 Å². The minimum Gasteiger partial charge on any atom is -0.481 e. The molecule has 0 saturated heterocycles. The highest BCUT2D eigenvalue weighted by Gasteiger charge is 2.34. The molecule has 4 nitrogen and oxygen atoms in total. The molecule has 0 aromatic heterocycles. The lowest BCUT2D eigenvalue weighted by atomic mass is 9.82. The Morgan fingerprint density at radius 3 is 2.14 bits per heavy atom. The summed E-state index contributed by atoms with van der Waals surface area (Å²) in [6.07, 6.45) is 4.71. The van der Waals surface area contributed by atoms with Crippen molar-refractivity contribution < 1.29 is 14.7 Å². The number of amides is 1. The first kappa shape index (κ1) is 10.8. The van der Waals surface area contributed by atoms with E-state index in [1.165, 1.54) is 4.90 Å². The van der Waals surface area contributed by atoms with E-state index in [-0.39, 0.29) is 5.91 Å². The van der Waals surface area contributed by atoms with Crippen LogP contribution in [0.1, 0.15) is 12.8 Å². The van der Waals surface area contributed by atoms with E-state index >= 15 is 0 Å². The molecular formula is C10H15NO3. The van der Waals surface area contributed by atoms with Crippen LogP contribution in [0.15, 0.2) is 12.2 Å². The van der Waals surface area contributed by atoms with Gasteiger partial charge in [-0.05, 0) is 12.8 Å². The molecule has 0 aromatic rings. The monoisotopic (exact) mass is 197 g/mol. The largest absolute Gasteiger partial charge is 0.481 e. The zero-order valence-corrected chi connectivity index (χ0v) is 8.43. The van der Waals surface area contributed by atoms with Gasteiger partial charge in [0.1, 0.15) is 0 Å². The van der Waals surface area contributed by atoms with Crippen molar-refractivity contribution in [3.8, 4) is 0 Å². The predicted molar refractivity (Wildman–Crippen MR) is 51.7 cm³/mol. The Bertz CT molecular complexity index is 271. The zero-order chi connectivity index (χ0) is 10.7. The number of allylic oxidation sites excluding steroid dienone is 2. The van der Waals surface area contributed by atoms with Gasteiger partial charge in [0.25, 0.3) is 0 Å². The van der Waals surface area contributed by atoms with Gasteiger partial charge in [-0.2, -0.15) is 0 Å². The lowest BCUT2D eigenvalue weighted by molar-refractivity contribution is -0.149. The predicted octanol–water partition coefficient (Wildman–Crippen LogP) is 0.742.